The van der Waals surface area contributed by atoms with Gasteiger partial charge < -0.3 is 20.4 Å². The number of hydrogen-bond donors (Lipinski definition) is 2. The number of guanidine groups is 1. The number of thioether (sulfide) groups is 1. The van der Waals surface area contributed by atoms with E-state index in [1.807, 2.05) is 30.5 Å². The fourth-order valence-corrected chi connectivity index (χ4v) is 5.92. The maximum atomic E-state index is 5.17. The highest BCUT2D eigenvalue weighted by Crippen LogP contribution is 2.46. The summed E-state index contributed by atoms with van der Waals surface area (Å²) in [5.74, 6) is 0.692. The van der Waals surface area contributed by atoms with Crippen LogP contribution in [0.3, 0.4) is 0 Å². The van der Waals surface area contributed by atoms with Gasteiger partial charge in [0.05, 0.1) is 17.9 Å². The molecule has 0 atom stereocenters. The molecule has 0 aromatic heterocycles. The summed E-state index contributed by atoms with van der Waals surface area (Å²) in [6.07, 6.45) is 13.5. The third-order valence-electron chi connectivity index (χ3n) is 7.00. The third kappa shape index (κ3) is 6.96. The molecule has 0 bridgehead atoms. The normalized spacial score (nSPS) is 15.5. The number of benzene rings is 3. The molecule has 1 aliphatic carbocycles. The fraction of sp³-hybridized carbons (Fsp3) is 0.139. The van der Waals surface area contributed by atoms with E-state index in [0.717, 1.165) is 39.8 Å². The molecule has 0 spiro atoms. The highest BCUT2D eigenvalue weighted by atomic mass is 32.2. The highest BCUT2D eigenvalue weighted by Gasteiger charge is 2.24. The van der Waals surface area contributed by atoms with E-state index in [1.54, 1.807) is 11.8 Å². The Hall–Kier alpha value is -4.68. The monoisotopic (exact) mass is 571 g/mol. The number of hydrogen-bond acceptors (Lipinski definition) is 4. The van der Waals surface area contributed by atoms with Crippen LogP contribution in [-0.2, 0) is 0 Å². The molecule has 0 saturated heterocycles. The Bertz CT molecular complexity index is 1640. The van der Waals surface area contributed by atoms with Gasteiger partial charge in [-0.15, -0.1) is 0 Å². The maximum Gasteiger partial charge on any atom is 0.207 e. The van der Waals surface area contributed by atoms with Crippen molar-refractivity contribution < 1.29 is 0 Å². The molecule has 5 rings (SSSR count). The van der Waals surface area contributed by atoms with E-state index < -0.39 is 0 Å². The first kappa shape index (κ1) is 28.8. The number of anilines is 3. The summed E-state index contributed by atoms with van der Waals surface area (Å²) in [5, 5.41) is 8.15. The number of nitrogens with one attached hydrogen (secondary N) is 2. The lowest BCUT2D eigenvalue weighted by molar-refractivity contribution is 0.609. The number of rotatable bonds is 8. The van der Waals surface area contributed by atoms with Gasteiger partial charge in [0.1, 0.15) is 5.03 Å². The topological polar surface area (TPSA) is 42.9 Å². The summed E-state index contributed by atoms with van der Waals surface area (Å²) in [5.41, 5.74) is 8.23. The molecule has 2 N–H and O–H groups in total. The molecule has 212 valence electrons. The van der Waals surface area contributed by atoms with Crippen molar-refractivity contribution >= 4 is 40.5 Å². The van der Waals surface area contributed by atoms with Gasteiger partial charge in [-0.05, 0) is 67.8 Å². The smallest absolute Gasteiger partial charge is 0.207 e. The van der Waals surface area contributed by atoms with E-state index in [0.29, 0.717) is 12.5 Å². The number of nitrogens with zero attached hydrogens (tertiary/aromatic N) is 3. The summed E-state index contributed by atoms with van der Waals surface area (Å²) in [4.78, 5) is 10.7. The van der Waals surface area contributed by atoms with E-state index in [4.69, 9.17) is 4.99 Å². The molecule has 2 aliphatic rings. The summed E-state index contributed by atoms with van der Waals surface area (Å²) in [6.45, 7) is 13.2. The second kappa shape index (κ2) is 13.3. The zero-order chi connectivity index (χ0) is 29.5. The molecule has 5 nitrogen and oxygen atoms in total. The average Bonchev–Trinajstić information content (AvgIpc) is 3.14. The van der Waals surface area contributed by atoms with E-state index >= 15 is 0 Å². The zero-order valence-corrected chi connectivity index (χ0v) is 25.3. The van der Waals surface area contributed by atoms with Crippen LogP contribution in [0.5, 0.6) is 0 Å². The van der Waals surface area contributed by atoms with Gasteiger partial charge >= 0.3 is 0 Å². The lowest BCUT2D eigenvalue weighted by Gasteiger charge is -2.25. The van der Waals surface area contributed by atoms with Crippen LogP contribution >= 0.6 is 11.8 Å². The lowest BCUT2D eigenvalue weighted by atomic mass is 10.1. The van der Waals surface area contributed by atoms with Crippen molar-refractivity contribution in [1.29, 1.82) is 0 Å². The molecule has 0 fully saturated rings. The third-order valence-corrected chi connectivity index (χ3v) is 8.33. The van der Waals surface area contributed by atoms with Gasteiger partial charge in [0.15, 0.2) is 0 Å². The molecule has 0 unspecified atom stereocenters. The Morgan fingerprint density at radius 1 is 1.02 bits per heavy atom. The van der Waals surface area contributed by atoms with Crippen molar-refractivity contribution in [3.8, 4) is 0 Å². The van der Waals surface area contributed by atoms with Gasteiger partial charge in [0.2, 0.25) is 5.96 Å². The summed E-state index contributed by atoms with van der Waals surface area (Å²) in [7, 11) is 2.09. The van der Waals surface area contributed by atoms with Crippen molar-refractivity contribution in [1.82, 2.24) is 4.90 Å². The van der Waals surface area contributed by atoms with Gasteiger partial charge in [-0.1, -0.05) is 97.3 Å². The van der Waals surface area contributed by atoms with E-state index in [1.165, 1.54) is 21.7 Å². The minimum absolute atomic E-state index is 0.629. The van der Waals surface area contributed by atoms with E-state index in [9.17, 15) is 0 Å². The zero-order valence-electron chi connectivity index (χ0n) is 24.5. The van der Waals surface area contributed by atoms with Crippen molar-refractivity contribution in [3.63, 3.8) is 0 Å². The Morgan fingerprint density at radius 2 is 1.81 bits per heavy atom. The highest BCUT2D eigenvalue weighted by molar-refractivity contribution is 8.03. The molecule has 42 heavy (non-hydrogen) atoms. The summed E-state index contributed by atoms with van der Waals surface area (Å²) >= 11 is 1.74. The standard InChI is InChI=1S/C36H37N5S/c1-6-41(25-29-16-9-7-8-10-17-29)36(38-28(4)35-40(5)33-21-11-12-22-34(33)42-35)39-32-20-14-19-31(24-32)37-27(3)30-18-13-15-26(2)23-30/h6-7,9-24,37H,1,3,8,25H2,2,4-5H3,(H,38,39)/b35-28-. The van der Waals surface area contributed by atoms with Gasteiger partial charge in [-0.2, -0.15) is 0 Å². The molecule has 1 heterocycles. The van der Waals surface area contributed by atoms with Crippen LogP contribution in [0.1, 0.15) is 24.5 Å². The molecule has 0 amide bonds. The van der Waals surface area contributed by atoms with Gasteiger partial charge in [0.25, 0.3) is 0 Å². The number of aliphatic imine (C=N–C) groups is 1. The van der Waals surface area contributed by atoms with Crippen molar-refractivity contribution in [2.24, 2.45) is 4.99 Å². The summed E-state index contributed by atoms with van der Waals surface area (Å²) < 4.78 is 0. The Morgan fingerprint density at radius 3 is 2.60 bits per heavy atom. The first-order chi connectivity index (χ1) is 20.4. The number of allylic oxidation sites excluding steroid dienone is 5. The Labute approximate surface area is 254 Å². The van der Waals surface area contributed by atoms with Crippen LogP contribution in [0.4, 0.5) is 17.1 Å². The number of para-hydroxylation sites is 1. The molecule has 3 aromatic carbocycles. The molecule has 0 radical (unpaired) electrons. The Kier molecular flexibility index (Phi) is 9.15. The first-order valence-electron chi connectivity index (χ1n) is 14.0. The van der Waals surface area contributed by atoms with E-state index in [-0.39, 0.29) is 0 Å². The van der Waals surface area contributed by atoms with Crippen molar-refractivity contribution in [2.75, 3.05) is 29.1 Å². The van der Waals surface area contributed by atoms with Gasteiger partial charge in [-0.25, -0.2) is 4.99 Å². The second-order valence-electron chi connectivity index (χ2n) is 10.3. The second-order valence-corrected chi connectivity index (χ2v) is 11.3. The summed E-state index contributed by atoms with van der Waals surface area (Å²) in [6, 6.07) is 24.9. The lowest BCUT2D eigenvalue weighted by Crippen LogP contribution is -2.33. The quantitative estimate of drug-likeness (QED) is 0.208. The van der Waals surface area contributed by atoms with Crippen LogP contribution in [0.2, 0.25) is 0 Å². The van der Waals surface area contributed by atoms with Crippen LogP contribution < -0.4 is 15.5 Å². The van der Waals surface area contributed by atoms with E-state index in [2.05, 4.69) is 133 Å². The predicted molar refractivity (Wildman–Crippen MR) is 183 cm³/mol. The predicted octanol–water partition coefficient (Wildman–Crippen LogP) is 9.16. The van der Waals surface area contributed by atoms with Crippen LogP contribution in [0, 0.1) is 6.92 Å². The molecule has 0 saturated carbocycles. The first-order valence-corrected chi connectivity index (χ1v) is 14.8. The fourth-order valence-electron chi connectivity index (χ4n) is 4.82. The SMILES string of the molecule is C=CN(CC1=CC=CCC=C1)C(=N/C(C)=C1\Sc2ccccc2N1C)Nc1cccc(NC(=C)c2cccc(C)c2)c1. The maximum absolute atomic E-state index is 5.17. The number of aryl methyl sites for hydroxylation is 1. The minimum atomic E-state index is 0.629. The molecule has 6 heteroatoms. The molecular weight excluding hydrogens is 534 g/mol. The Balaban J connectivity index is 1.45. The number of fused-ring (bicyclic) bond motifs is 1. The minimum Gasteiger partial charge on any atom is -0.355 e. The molecular formula is C36H37N5S. The van der Waals surface area contributed by atoms with Gasteiger partial charge in [-0.3, -0.25) is 0 Å². The largest absolute Gasteiger partial charge is 0.355 e. The van der Waals surface area contributed by atoms with Crippen molar-refractivity contribution in [3.05, 3.63) is 150 Å². The van der Waals surface area contributed by atoms with Crippen LogP contribution in [-0.4, -0.2) is 24.5 Å². The molecule has 3 aromatic rings. The average molecular weight is 572 g/mol. The van der Waals surface area contributed by atoms with Gasteiger partial charge in [0, 0.05) is 35.2 Å². The van der Waals surface area contributed by atoms with Crippen LogP contribution in [0.25, 0.3) is 5.70 Å². The molecule has 1 aliphatic heterocycles. The van der Waals surface area contributed by atoms with Crippen LogP contribution in [0.15, 0.2) is 149 Å². The van der Waals surface area contributed by atoms with Crippen molar-refractivity contribution in [2.45, 2.75) is 25.2 Å².